The molecule has 0 aromatic carbocycles. The van der Waals surface area contributed by atoms with Gasteiger partial charge in [0.15, 0.2) is 0 Å². The normalized spacial score (nSPS) is 14.5. The van der Waals surface area contributed by atoms with Gasteiger partial charge in [0, 0.05) is 17.4 Å². The number of nitrogens with zero attached hydrogens (tertiary/aromatic N) is 1. The van der Waals surface area contributed by atoms with Crippen LogP contribution >= 0.6 is 0 Å². The van der Waals surface area contributed by atoms with Crippen molar-refractivity contribution in [3.63, 3.8) is 0 Å². The molecule has 0 aliphatic heterocycles. The Kier molecular flexibility index (Phi) is 2.78. The standard InChI is InChI=1S/C10H18N2O/c1-10(2,3)12-6-4-5-9(12)8(11)7-13/h4-6,8,13H,7,11H2,1-3H3. The molecule has 0 aliphatic rings. The molecule has 0 spiro atoms. The molecule has 13 heavy (non-hydrogen) atoms. The fraction of sp³-hybridized carbons (Fsp3) is 0.600. The zero-order chi connectivity index (χ0) is 10.1. The van der Waals surface area contributed by atoms with Crippen LogP contribution < -0.4 is 5.73 Å². The van der Waals surface area contributed by atoms with Gasteiger partial charge in [-0.05, 0) is 32.9 Å². The molecule has 74 valence electrons. The van der Waals surface area contributed by atoms with Crippen molar-refractivity contribution in [3.8, 4) is 0 Å². The summed E-state index contributed by atoms with van der Waals surface area (Å²) < 4.78 is 2.09. The smallest absolute Gasteiger partial charge is 0.0684 e. The largest absolute Gasteiger partial charge is 0.394 e. The van der Waals surface area contributed by atoms with Crippen LogP contribution in [0, 0.1) is 0 Å². The maximum absolute atomic E-state index is 8.96. The Morgan fingerprint density at radius 3 is 2.62 bits per heavy atom. The molecular weight excluding hydrogens is 164 g/mol. The molecule has 0 saturated carbocycles. The summed E-state index contributed by atoms with van der Waals surface area (Å²) >= 11 is 0. The first-order valence-electron chi connectivity index (χ1n) is 4.51. The molecule has 1 rings (SSSR count). The molecule has 0 amide bonds. The first kappa shape index (κ1) is 10.3. The Bertz CT molecular complexity index is 273. The molecule has 3 nitrogen and oxygen atoms in total. The zero-order valence-corrected chi connectivity index (χ0v) is 8.49. The molecule has 1 aromatic heterocycles. The highest BCUT2D eigenvalue weighted by Crippen LogP contribution is 2.21. The quantitative estimate of drug-likeness (QED) is 0.723. The third kappa shape index (κ3) is 2.11. The predicted octanol–water partition coefficient (Wildman–Crippen LogP) is 1.24. The van der Waals surface area contributed by atoms with Crippen LogP contribution in [-0.4, -0.2) is 16.3 Å². The number of aliphatic hydroxyl groups is 1. The lowest BCUT2D eigenvalue weighted by Crippen LogP contribution is -2.27. The molecule has 0 bridgehead atoms. The Morgan fingerprint density at radius 2 is 2.15 bits per heavy atom. The van der Waals surface area contributed by atoms with Gasteiger partial charge in [-0.3, -0.25) is 0 Å². The minimum atomic E-state index is -0.283. The van der Waals surface area contributed by atoms with Gasteiger partial charge in [0.25, 0.3) is 0 Å². The molecule has 0 fully saturated rings. The average molecular weight is 182 g/mol. The minimum absolute atomic E-state index is 0.0138. The van der Waals surface area contributed by atoms with Crippen LogP contribution in [-0.2, 0) is 5.54 Å². The van der Waals surface area contributed by atoms with Crippen LogP contribution in [0.25, 0.3) is 0 Å². The number of hydrogen-bond acceptors (Lipinski definition) is 2. The average Bonchev–Trinajstić information content (AvgIpc) is 2.49. The number of nitrogens with two attached hydrogens (primary N) is 1. The summed E-state index contributed by atoms with van der Waals surface area (Å²) in [6.45, 7) is 6.32. The Balaban J connectivity index is 3.03. The maximum Gasteiger partial charge on any atom is 0.0684 e. The fourth-order valence-corrected chi connectivity index (χ4v) is 1.40. The van der Waals surface area contributed by atoms with E-state index in [1.807, 2.05) is 18.3 Å². The molecule has 3 N–H and O–H groups in total. The van der Waals surface area contributed by atoms with Crippen molar-refractivity contribution in [2.45, 2.75) is 32.4 Å². The molecule has 1 aromatic rings. The van der Waals surface area contributed by atoms with E-state index in [0.717, 1.165) is 5.69 Å². The highest BCUT2D eigenvalue weighted by Gasteiger charge is 2.18. The molecule has 1 atom stereocenters. The first-order chi connectivity index (χ1) is 5.96. The maximum atomic E-state index is 8.96. The van der Waals surface area contributed by atoms with Crippen molar-refractivity contribution in [1.82, 2.24) is 4.57 Å². The summed E-state index contributed by atoms with van der Waals surface area (Å²) in [5.41, 5.74) is 6.77. The second-order valence-corrected chi connectivity index (χ2v) is 4.26. The van der Waals surface area contributed by atoms with Crippen molar-refractivity contribution in [2.75, 3.05) is 6.61 Å². The van der Waals surface area contributed by atoms with Crippen molar-refractivity contribution < 1.29 is 5.11 Å². The Labute approximate surface area is 79.2 Å². The Hall–Kier alpha value is -0.800. The van der Waals surface area contributed by atoms with Gasteiger partial charge in [-0.1, -0.05) is 0 Å². The van der Waals surface area contributed by atoms with Crippen LogP contribution in [0.4, 0.5) is 0 Å². The molecule has 1 heterocycles. The van der Waals surface area contributed by atoms with Crippen LogP contribution in [0.2, 0.25) is 0 Å². The van der Waals surface area contributed by atoms with Crippen molar-refractivity contribution in [2.24, 2.45) is 5.73 Å². The van der Waals surface area contributed by atoms with Gasteiger partial charge in [-0.25, -0.2) is 0 Å². The zero-order valence-electron chi connectivity index (χ0n) is 8.49. The van der Waals surface area contributed by atoms with Crippen LogP contribution in [0.15, 0.2) is 18.3 Å². The van der Waals surface area contributed by atoms with Gasteiger partial charge in [0.05, 0.1) is 12.6 Å². The number of aromatic nitrogens is 1. The molecule has 3 heteroatoms. The summed E-state index contributed by atoms with van der Waals surface area (Å²) in [5, 5.41) is 8.96. The second kappa shape index (κ2) is 3.52. The van der Waals surface area contributed by atoms with Crippen LogP contribution in [0.5, 0.6) is 0 Å². The van der Waals surface area contributed by atoms with E-state index in [1.54, 1.807) is 0 Å². The minimum Gasteiger partial charge on any atom is -0.394 e. The first-order valence-corrected chi connectivity index (χ1v) is 4.51. The Morgan fingerprint density at radius 1 is 1.54 bits per heavy atom. The van der Waals surface area contributed by atoms with Crippen molar-refractivity contribution >= 4 is 0 Å². The predicted molar refractivity (Wildman–Crippen MR) is 53.4 cm³/mol. The third-order valence-electron chi connectivity index (χ3n) is 2.08. The van der Waals surface area contributed by atoms with Crippen molar-refractivity contribution in [3.05, 3.63) is 24.0 Å². The highest BCUT2D eigenvalue weighted by molar-refractivity contribution is 5.14. The van der Waals surface area contributed by atoms with E-state index in [0.29, 0.717) is 0 Å². The molecule has 0 saturated heterocycles. The number of rotatable bonds is 2. The summed E-state index contributed by atoms with van der Waals surface area (Å²) in [6.07, 6.45) is 1.99. The molecular formula is C10H18N2O. The van der Waals surface area contributed by atoms with Gasteiger partial charge in [0.2, 0.25) is 0 Å². The lowest BCUT2D eigenvalue weighted by Gasteiger charge is -2.26. The number of aliphatic hydroxyl groups excluding tert-OH is 1. The van der Waals surface area contributed by atoms with E-state index < -0.39 is 0 Å². The summed E-state index contributed by atoms with van der Waals surface area (Å²) in [7, 11) is 0. The van der Waals surface area contributed by atoms with Gasteiger partial charge in [-0.15, -0.1) is 0 Å². The van der Waals surface area contributed by atoms with E-state index in [2.05, 4.69) is 25.3 Å². The fourth-order valence-electron chi connectivity index (χ4n) is 1.40. The molecule has 0 aliphatic carbocycles. The van der Waals surface area contributed by atoms with Gasteiger partial charge in [-0.2, -0.15) is 0 Å². The van der Waals surface area contributed by atoms with Crippen molar-refractivity contribution in [1.29, 1.82) is 0 Å². The van der Waals surface area contributed by atoms with Gasteiger partial charge in [0.1, 0.15) is 0 Å². The van der Waals surface area contributed by atoms with E-state index >= 15 is 0 Å². The van der Waals surface area contributed by atoms with Gasteiger partial charge >= 0.3 is 0 Å². The summed E-state index contributed by atoms with van der Waals surface area (Å²) in [6, 6.07) is 3.62. The second-order valence-electron chi connectivity index (χ2n) is 4.26. The summed E-state index contributed by atoms with van der Waals surface area (Å²) in [4.78, 5) is 0. The van der Waals surface area contributed by atoms with E-state index in [4.69, 9.17) is 10.8 Å². The topological polar surface area (TPSA) is 51.2 Å². The molecule has 1 unspecified atom stereocenters. The lowest BCUT2D eigenvalue weighted by molar-refractivity contribution is 0.256. The molecule has 0 radical (unpaired) electrons. The van der Waals surface area contributed by atoms with E-state index in [-0.39, 0.29) is 18.2 Å². The SMILES string of the molecule is CC(C)(C)n1cccc1C(N)CO. The monoisotopic (exact) mass is 182 g/mol. The summed E-state index contributed by atoms with van der Waals surface area (Å²) in [5.74, 6) is 0. The van der Waals surface area contributed by atoms with Crippen LogP contribution in [0.1, 0.15) is 32.5 Å². The lowest BCUT2D eigenvalue weighted by atomic mass is 10.1. The van der Waals surface area contributed by atoms with E-state index in [1.165, 1.54) is 0 Å². The van der Waals surface area contributed by atoms with E-state index in [9.17, 15) is 0 Å². The third-order valence-corrected chi connectivity index (χ3v) is 2.08. The van der Waals surface area contributed by atoms with Gasteiger partial charge < -0.3 is 15.4 Å². The highest BCUT2D eigenvalue weighted by atomic mass is 16.3. The van der Waals surface area contributed by atoms with Crippen LogP contribution in [0.3, 0.4) is 0 Å². The number of hydrogen-bond donors (Lipinski definition) is 2.